The van der Waals surface area contributed by atoms with Crippen molar-refractivity contribution in [2.75, 3.05) is 0 Å². The summed E-state index contributed by atoms with van der Waals surface area (Å²) in [5, 5.41) is 0. The van der Waals surface area contributed by atoms with Crippen LogP contribution in [0.3, 0.4) is 0 Å². The molecule has 0 saturated carbocycles. The fourth-order valence-corrected chi connectivity index (χ4v) is 1.18. The third-order valence-corrected chi connectivity index (χ3v) is 1.79. The van der Waals surface area contributed by atoms with Gasteiger partial charge in [0.1, 0.15) is 0 Å². The van der Waals surface area contributed by atoms with Gasteiger partial charge in [-0.15, -0.1) is 0 Å². The summed E-state index contributed by atoms with van der Waals surface area (Å²) in [4.78, 5) is 10.6. The monoisotopic (exact) mass is 226 g/mol. The molecule has 0 atom stereocenters. The highest BCUT2D eigenvalue weighted by Gasteiger charge is 2.30. The molecule has 0 aromatic heterocycles. The second kappa shape index (κ2) is 4.40. The van der Waals surface area contributed by atoms with E-state index in [9.17, 15) is 18.0 Å². The zero-order valence-corrected chi connectivity index (χ0v) is 8.77. The summed E-state index contributed by atoms with van der Waals surface area (Å²) >= 11 is 0. The quantitative estimate of drug-likeness (QED) is 0.621. The van der Waals surface area contributed by atoms with Crippen LogP contribution in [0.15, 0.2) is 18.2 Å². The van der Waals surface area contributed by atoms with Crippen molar-refractivity contribution in [1.29, 1.82) is 0 Å². The van der Waals surface area contributed by atoms with Gasteiger partial charge in [-0.05, 0) is 36.6 Å². The molecule has 0 aliphatic carbocycles. The van der Waals surface area contributed by atoms with Gasteiger partial charge in [-0.25, -0.2) is 0 Å². The van der Waals surface area contributed by atoms with Crippen molar-refractivity contribution in [2.24, 2.45) is 0 Å². The second-order valence-corrected chi connectivity index (χ2v) is 3.39. The van der Waals surface area contributed by atoms with Gasteiger partial charge in [0.05, 0.1) is 5.56 Å². The number of carbonyl (C=O) groups excluding carboxylic acids is 1. The van der Waals surface area contributed by atoms with Gasteiger partial charge < -0.3 is 0 Å². The number of hydrogen-bond acceptors (Lipinski definition) is 1. The fourth-order valence-electron chi connectivity index (χ4n) is 1.18. The zero-order valence-electron chi connectivity index (χ0n) is 8.77. The molecule has 1 aromatic rings. The maximum Gasteiger partial charge on any atom is 0.416 e. The van der Waals surface area contributed by atoms with Crippen molar-refractivity contribution in [3.8, 4) is 11.8 Å². The maximum atomic E-state index is 12.4. The Hall–Kier alpha value is -1.76. The highest BCUT2D eigenvalue weighted by atomic mass is 19.4. The van der Waals surface area contributed by atoms with Gasteiger partial charge >= 0.3 is 6.18 Å². The molecule has 0 radical (unpaired) electrons. The van der Waals surface area contributed by atoms with Gasteiger partial charge in [-0.2, -0.15) is 13.2 Å². The predicted molar refractivity (Wildman–Crippen MR) is 53.7 cm³/mol. The smallest absolute Gasteiger partial charge is 0.285 e. The molecule has 0 spiro atoms. The number of benzene rings is 1. The van der Waals surface area contributed by atoms with E-state index in [2.05, 4.69) is 11.8 Å². The molecule has 1 nitrogen and oxygen atoms in total. The van der Waals surface area contributed by atoms with E-state index in [1.807, 2.05) is 0 Å². The molecule has 0 saturated heterocycles. The van der Waals surface area contributed by atoms with Crippen molar-refractivity contribution < 1.29 is 18.0 Å². The molecule has 1 rings (SSSR count). The summed E-state index contributed by atoms with van der Waals surface area (Å²) in [6.45, 7) is 2.81. The average Bonchev–Trinajstić information content (AvgIpc) is 2.12. The van der Waals surface area contributed by atoms with Crippen LogP contribution in [0.4, 0.5) is 13.2 Å². The second-order valence-electron chi connectivity index (χ2n) is 3.39. The van der Waals surface area contributed by atoms with Crippen molar-refractivity contribution in [2.45, 2.75) is 20.0 Å². The van der Waals surface area contributed by atoms with Gasteiger partial charge in [0, 0.05) is 12.5 Å². The summed E-state index contributed by atoms with van der Waals surface area (Å²) < 4.78 is 37.3. The first-order valence-electron chi connectivity index (χ1n) is 4.50. The molecular formula is C12H9F3O. The highest BCUT2D eigenvalue weighted by molar-refractivity contribution is 5.93. The van der Waals surface area contributed by atoms with Gasteiger partial charge in [-0.3, -0.25) is 4.79 Å². The average molecular weight is 226 g/mol. The van der Waals surface area contributed by atoms with Crippen LogP contribution in [-0.2, 0) is 11.0 Å². The summed E-state index contributed by atoms with van der Waals surface area (Å²) in [5.41, 5.74) is -0.0921. The lowest BCUT2D eigenvalue weighted by atomic mass is 10.1. The third kappa shape index (κ3) is 3.43. The van der Waals surface area contributed by atoms with Gasteiger partial charge in [0.15, 0.2) is 0 Å². The lowest BCUT2D eigenvalue weighted by Crippen LogP contribution is -2.05. The van der Waals surface area contributed by atoms with Crippen LogP contribution in [0.1, 0.15) is 23.6 Å². The number of rotatable bonds is 0. The Morgan fingerprint density at radius 3 is 2.38 bits per heavy atom. The number of ketones is 1. The molecule has 0 heterocycles. The van der Waals surface area contributed by atoms with Crippen molar-refractivity contribution >= 4 is 5.78 Å². The van der Waals surface area contributed by atoms with Gasteiger partial charge in [0.2, 0.25) is 5.78 Å². The van der Waals surface area contributed by atoms with E-state index in [1.165, 1.54) is 13.0 Å². The molecule has 0 N–H and O–H groups in total. The number of hydrogen-bond donors (Lipinski definition) is 0. The van der Waals surface area contributed by atoms with E-state index in [4.69, 9.17) is 0 Å². The number of halogens is 3. The Morgan fingerprint density at radius 2 is 1.88 bits per heavy atom. The van der Waals surface area contributed by atoms with E-state index < -0.39 is 11.7 Å². The van der Waals surface area contributed by atoms with E-state index >= 15 is 0 Å². The van der Waals surface area contributed by atoms with Gasteiger partial charge in [0.25, 0.3) is 0 Å². The Bertz CT molecular complexity index is 475. The maximum absolute atomic E-state index is 12.4. The minimum Gasteiger partial charge on any atom is -0.285 e. The summed E-state index contributed by atoms with van der Waals surface area (Å²) in [6.07, 6.45) is -4.39. The summed E-state index contributed by atoms with van der Waals surface area (Å²) in [6, 6.07) is 3.48. The largest absolute Gasteiger partial charge is 0.416 e. The first kappa shape index (κ1) is 12.3. The molecule has 0 bridgehead atoms. The first-order valence-corrected chi connectivity index (χ1v) is 4.50. The summed E-state index contributed by atoms with van der Waals surface area (Å²) in [7, 11) is 0. The molecule has 0 unspecified atom stereocenters. The van der Waals surface area contributed by atoms with Gasteiger partial charge in [-0.1, -0.05) is 5.92 Å². The molecule has 4 heteroatoms. The van der Waals surface area contributed by atoms with Crippen LogP contribution in [0, 0.1) is 18.8 Å². The van der Waals surface area contributed by atoms with Crippen LogP contribution < -0.4 is 0 Å². The van der Waals surface area contributed by atoms with E-state index in [0.29, 0.717) is 5.56 Å². The van der Waals surface area contributed by atoms with Crippen molar-refractivity contribution in [3.63, 3.8) is 0 Å². The van der Waals surface area contributed by atoms with Crippen LogP contribution in [-0.4, -0.2) is 5.78 Å². The topological polar surface area (TPSA) is 17.1 Å². The van der Waals surface area contributed by atoms with Crippen LogP contribution in [0.25, 0.3) is 0 Å². The number of aryl methyl sites for hydroxylation is 1. The lowest BCUT2D eigenvalue weighted by molar-refractivity contribution is -0.137. The minimum absolute atomic E-state index is 0.197. The fraction of sp³-hybridized carbons (Fsp3) is 0.250. The molecule has 1 aromatic carbocycles. The number of carbonyl (C=O) groups is 1. The minimum atomic E-state index is -4.39. The molecule has 0 fully saturated rings. The molecule has 84 valence electrons. The normalized spacial score (nSPS) is 10.6. The molecular weight excluding hydrogens is 217 g/mol. The Labute approximate surface area is 91.3 Å². The highest BCUT2D eigenvalue weighted by Crippen LogP contribution is 2.30. The number of alkyl halides is 3. The van der Waals surface area contributed by atoms with Crippen LogP contribution >= 0.6 is 0 Å². The molecule has 0 aliphatic rings. The predicted octanol–water partition coefficient (Wildman–Crippen LogP) is 2.95. The first-order chi connectivity index (χ1) is 7.29. The van der Waals surface area contributed by atoms with Crippen LogP contribution in [0.5, 0.6) is 0 Å². The van der Waals surface area contributed by atoms with E-state index in [1.54, 1.807) is 6.92 Å². The summed E-state index contributed by atoms with van der Waals surface area (Å²) in [5.74, 6) is 4.23. The Kier molecular flexibility index (Phi) is 3.38. The third-order valence-electron chi connectivity index (χ3n) is 1.79. The standard InChI is InChI=1S/C12H9F3O/c1-8-5-10(4-3-9(2)16)7-11(6-8)12(13,14)15/h5-7H,1-2H3. The Morgan fingerprint density at radius 1 is 1.25 bits per heavy atom. The van der Waals surface area contributed by atoms with E-state index in [0.717, 1.165) is 12.1 Å². The van der Waals surface area contributed by atoms with E-state index in [-0.39, 0.29) is 11.3 Å². The molecule has 0 amide bonds. The zero-order chi connectivity index (χ0) is 12.3. The van der Waals surface area contributed by atoms with Crippen LogP contribution in [0.2, 0.25) is 0 Å². The van der Waals surface area contributed by atoms with Crippen molar-refractivity contribution in [1.82, 2.24) is 0 Å². The van der Waals surface area contributed by atoms with Crippen molar-refractivity contribution in [3.05, 3.63) is 34.9 Å². The lowest BCUT2D eigenvalue weighted by Gasteiger charge is -2.07. The number of Topliss-reactive ketones (excluding diaryl/α,β-unsaturated/α-hetero) is 1. The molecule has 16 heavy (non-hydrogen) atoms. The molecule has 0 aliphatic heterocycles. The Balaban J connectivity index is 3.20. The SMILES string of the molecule is CC(=O)C#Cc1cc(C)cc(C(F)(F)F)c1.